The second-order valence-electron chi connectivity index (χ2n) is 8.59. The van der Waals surface area contributed by atoms with E-state index in [1.807, 2.05) is 6.07 Å². The normalized spacial score (nSPS) is 9.93. The number of H-pyrrole nitrogens is 2. The molecule has 226 valence electrons. The van der Waals surface area contributed by atoms with Crippen LogP contribution in [0.1, 0.15) is 25.2 Å². The lowest BCUT2D eigenvalue weighted by molar-refractivity contribution is -0.152. The summed E-state index contributed by atoms with van der Waals surface area (Å²) in [5.41, 5.74) is 15.0. The van der Waals surface area contributed by atoms with E-state index in [-0.39, 0.29) is 17.7 Å². The average molecular weight is 648 g/mol. The molecule has 0 aliphatic heterocycles. The minimum atomic E-state index is -0.757. The van der Waals surface area contributed by atoms with Crippen LogP contribution in [-0.2, 0) is 14.3 Å². The van der Waals surface area contributed by atoms with E-state index in [1.165, 1.54) is 6.92 Å². The first-order chi connectivity index (χ1) is 20.3. The summed E-state index contributed by atoms with van der Waals surface area (Å²) in [5, 5.41) is 1.58. The van der Waals surface area contributed by atoms with Crippen molar-refractivity contribution >= 4 is 80.0 Å². The van der Waals surface area contributed by atoms with Gasteiger partial charge in [-0.2, -0.15) is 0 Å². The van der Waals surface area contributed by atoms with E-state index in [4.69, 9.17) is 46.3 Å². The third-order valence-electron chi connectivity index (χ3n) is 5.34. The highest BCUT2D eigenvalue weighted by molar-refractivity contribution is 6.35. The van der Waals surface area contributed by atoms with Crippen LogP contribution >= 0.6 is 34.8 Å². The molecule has 0 fully saturated rings. The maximum atomic E-state index is 11.2. The van der Waals surface area contributed by atoms with Gasteiger partial charge in [0, 0.05) is 6.92 Å². The number of rotatable bonds is 2. The number of esters is 1. The first-order valence-corrected chi connectivity index (χ1v) is 13.7. The van der Waals surface area contributed by atoms with Crippen molar-refractivity contribution in [1.29, 1.82) is 0 Å². The largest absolute Gasteiger partial charge is 0.460 e. The number of ether oxygens (including phenoxy) is 1. The standard InChI is InChI=1S/2C9H7ClN2O.C6H7ClN2.C5H8O3/c1-5-9(13)12-7-4-2-3-6(10)8(7)11-5;1-5-9(13)12-8-6(10)3-2-4-7(8)11-5;7-4-2-1-3-5(8)6(4)9;1-3-8-5(7)4(2)6/h2*2-4H,1H3,(H,12,13);1-3H,8-9H2;3H2,1-2H3. The first-order valence-electron chi connectivity index (χ1n) is 12.5. The molecule has 43 heavy (non-hydrogen) atoms. The van der Waals surface area contributed by atoms with Gasteiger partial charge in [0.2, 0.25) is 5.78 Å². The Kier molecular flexibility index (Phi) is 13.1. The van der Waals surface area contributed by atoms with Gasteiger partial charge in [-0.25, -0.2) is 14.8 Å². The van der Waals surface area contributed by atoms with Gasteiger partial charge >= 0.3 is 5.97 Å². The number of carbonyl (C=O) groups is 2. The number of hydrogen-bond donors (Lipinski definition) is 4. The number of aromatic nitrogens is 4. The smallest absolute Gasteiger partial charge is 0.374 e. The number of para-hydroxylation sites is 3. The van der Waals surface area contributed by atoms with Gasteiger partial charge in [-0.05, 0) is 57.2 Å². The molecule has 0 bridgehead atoms. The van der Waals surface area contributed by atoms with Crippen molar-refractivity contribution in [1.82, 2.24) is 19.9 Å². The van der Waals surface area contributed by atoms with Crippen LogP contribution in [0.15, 0.2) is 64.2 Å². The van der Waals surface area contributed by atoms with Crippen LogP contribution in [0.5, 0.6) is 0 Å². The zero-order valence-electron chi connectivity index (χ0n) is 23.6. The third-order valence-corrected chi connectivity index (χ3v) is 6.29. The summed E-state index contributed by atoms with van der Waals surface area (Å²) in [6, 6.07) is 15.8. The predicted molar refractivity (Wildman–Crippen MR) is 172 cm³/mol. The van der Waals surface area contributed by atoms with Gasteiger partial charge in [-0.1, -0.05) is 53.0 Å². The minimum Gasteiger partial charge on any atom is -0.460 e. The van der Waals surface area contributed by atoms with Gasteiger partial charge < -0.3 is 26.2 Å². The maximum absolute atomic E-state index is 11.2. The summed E-state index contributed by atoms with van der Waals surface area (Å²) in [6.07, 6.45) is 0. The van der Waals surface area contributed by atoms with Gasteiger partial charge in [-0.15, -0.1) is 0 Å². The van der Waals surface area contributed by atoms with Crippen molar-refractivity contribution in [2.24, 2.45) is 0 Å². The van der Waals surface area contributed by atoms with Crippen LogP contribution in [0.3, 0.4) is 0 Å². The Bertz CT molecular complexity index is 1850. The molecule has 11 nitrogen and oxygen atoms in total. The lowest BCUT2D eigenvalue weighted by atomic mass is 10.3. The van der Waals surface area contributed by atoms with E-state index in [1.54, 1.807) is 69.3 Å². The maximum Gasteiger partial charge on any atom is 0.374 e. The Hall–Kier alpha value is -4.45. The van der Waals surface area contributed by atoms with Crippen molar-refractivity contribution in [3.63, 3.8) is 0 Å². The lowest BCUT2D eigenvalue weighted by Crippen LogP contribution is -2.12. The molecule has 6 N–H and O–H groups in total. The first kappa shape index (κ1) is 34.7. The number of hydrogen-bond acceptors (Lipinski definition) is 9. The van der Waals surface area contributed by atoms with E-state index in [0.717, 1.165) is 0 Å². The quantitative estimate of drug-likeness (QED) is 0.110. The molecule has 3 aromatic carbocycles. The number of fused-ring (bicyclic) bond motifs is 2. The van der Waals surface area contributed by atoms with E-state index >= 15 is 0 Å². The summed E-state index contributed by atoms with van der Waals surface area (Å²) >= 11 is 17.4. The highest BCUT2D eigenvalue weighted by Crippen LogP contribution is 2.23. The lowest BCUT2D eigenvalue weighted by Gasteiger charge is -1.99. The molecular formula is C29H29Cl3N6O5. The van der Waals surface area contributed by atoms with Crippen molar-refractivity contribution in [3.05, 3.63) is 102 Å². The van der Waals surface area contributed by atoms with Gasteiger partial charge in [0.05, 0.1) is 49.6 Å². The fourth-order valence-electron chi connectivity index (χ4n) is 3.11. The number of aromatic amines is 2. The summed E-state index contributed by atoms with van der Waals surface area (Å²) in [5.74, 6) is -1.31. The number of anilines is 2. The van der Waals surface area contributed by atoms with E-state index in [0.29, 0.717) is 59.9 Å². The molecule has 5 aromatic rings. The number of Topliss-reactive ketones (excluding diaryl/α,β-unsaturated/α-hetero) is 1. The number of aryl methyl sites for hydroxylation is 2. The average Bonchev–Trinajstić information content (AvgIpc) is 2.95. The van der Waals surface area contributed by atoms with E-state index in [9.17, 15) is 19.2 Å². The molecule has 2 heterocycles. The third kappa shape index (κ3) is 10.1. The monoisotopic (exact) mass is 646 g/mol. The highest BCUT2D eigenvalue weighted by atomic mass is 35.5. The molecule has 0 unspecified atom stereocenters. The zero-order valence-corrected chi connectivity index (χ0v) is 25.9. The van der Waals surface area contributed by atoms with E-state index < -0.39 is 11.8 Å². The van der Waals surface area contributed by atoms with Crippen LogP contribution in [0, 0.1) is 13.8 Å². The van der Waals surface area contributed by atoms with Gasteiger partial charge in [0.25, 0.3) is 11.1 Å². The van der Waals surface area contributed by atoms with Crippen LogP contribution in [0.25, 0.3) is 22.1 Å². The van der Waals surface area contributed by atoms with Crippen LogP contribution in [-0.4, -0.2) is 38.3 Å². The Balaban J connectivity index is 0.000000205. The van der Waals surface area contributed by atoms with Gasteiger partial charge in [-0.3, -0.25) is 14.4 Å². The summed E-state index contributed by atoms with van der Waals surface area (Å²) in [4.78, 5) is 56.2. The Morgan fingerprint density at radius 2 is 1.37 bits per heavy atom. The summed E-state index contributed by atoms with van der Waals surface area (Å²) in [6.45, 7) is 6.41. The zero-order chi connectivity index (χ0) is 32.3. The van der Waals surface area contributed by atoms with Crippen LogP contribution in [0.2, 0.25) is 15.1 Å². The van der Waals surface area contributed by atoms with Crippen molar-refractivity contribution < 1.29 is 14.3 Å². The number of nitrogens with two attached hydrogens (primary N) is 2. The number of ketones is 1. The number of benzene rings is 3. The number of nitrogens with one attached hydrogen (secondary N) is 2. The molecule has 0 spiro atoms. The molecule has 0 atom stereocenters. The van der Waals surface area contributed by atoms with Crippen molar-refractivity contribution in [3.8, 4) is 0 Å². The molecule has 0 amide bonds. The van der Waals surface area contributed by atoms with Crippen molar-refractivity contribution in [2.75, 3.05) is 18.1 Å². The molecule has 2 aromatic heterocycles. The molecule has 0 saturated carbocycles. The fourth-order valence-corrected chi connectivity index (χ4v) is 3.73. The Labute approximate surface area is 261 Å². The SMILES string of the molecule is CCOC(=O)C(C)=O.Cc1nc2c(Cl)cccc2[nH]c1=O.Cc1nc2cccc(Cl)c2[nH]c1=O.Nc1cccc(Cl)c1N. The van der Waals surface area contributed by atoms with Crippen molar-refractivity contribution in [2.45, 2.75) is 27.7 Å². The molecule has 0 aliphatic carbocycles. The van der Waals surface area contributed by atoms with E-state index in [2.05, 4.69) is 24.7 Å². The van der Waals surface area contributed by atoms with Crippen LogP contribution < -0.4 is 22.6 Å². The Morgan fingerprint density at radius 3 is 1.95 bits per heavy atom. The molecule has 14 heteroatoms. The summed E-state index contributed by atoms with van der Waals surface area (Å²) in [7, 11) is 0. The summed E-state index contributed by atoms with van der Waals surface area (Å²) < 4.78 is 4.31. The highest BCUT2D eigenvalue weighted by Gasteiger charge is 2.06. The number of halogens is 3. The molecule has 0 saturated heterocycles. The fraction of sp³-hybridized carbons (Fsp3) is 0.172. The minimum absolute atomic E-state index is 0.172. The molecule has 0 radical (unpaired) electrons. The number of nitrogen functional groups attached to an aromatic ring is 2. The number of carbonyl (C=O) groups excluding carboxylic acids is 2. The van der Waals surface area contributed by atoms with Crippen LogP contribution in [0.4, 0.5) is 11.4 Å². The van der Waals surface area contributed by atoms with Gasteiger partial charge in [0.15, 0.2) is 0 Å². The van der Waals surface area contributed by atoms with Gasteiger partial charge in [0.1, 0.15) is 16.9 Å². The Morgan fingerprint density at radius 1 is 0.814 bits per heavy atom. The second kappa shape index (κ2) is 16.3. The number of nitrogens with zero attached hydrogens (tertiary/aromatic N) is 2. The predicted octanol–water partition coefficient (Wildman–Crippen LogP) is 5.41. The topological polar surface area (TPSA) is 187 Å². The molecule has 0 aliphatic rings. The molecular weight excluding hydrogens is 619 g/mol. The second-order valence-corrected chi connectivity index (χ2v) is 9.81. The molecule has 5 rings (SSSR count).